The van der Waals surface area contributed by atoms with Gasteiger partial charge in [-0.1, -0.05) is 12.5 Å². The highest BCUT2D eigenvalue weighted by molar-refractivity contribution is 5.93. The molecule has 0 aromatic carbocycles. The second kappa shape index (κ2) is 7.43. The number of aryl methyl sites for hydroxylation is 1. The number of pyridine rings is 1. The van der Waals surface area contributed by atoms with E-state index in [0.29, 0.717) is 17.5 Å². The summed E-state index contributed by atoms with van der Waals surface area (Å²) in [5, 5.41) is 0. The topological polar surface area (TPSA) is 59.2 Å². The van der Waals surface area contributed by atoms with E-state index in [9.17, 15) is 4.79 Å². The Kier molecular flexibility index (Phi) is 6.44. The van der Waals surface area contributed by atoms with Crippen LogP contribution in [0.25, 0.3) is 0 Å². The van der Waals surface area contributed by atoms with Crippen molar-refractivity contribution in [3.8, 4) is 0 Å². The van der Waals surface area contributed by atoms with Crippen LogP contribution in [0.1, 0.15) is 35.3 Å². The lowest BCUT2D eigenvalue weighted by atomic mass is 9.78. The molecule has 0 radical (unpaired) electrons. The summed E-state index contributed by atoms with van der Waals surface area (Å²) in [5.41, 5.74) is 7.74. The van der Waals surface area contributed by atoms with Gasteiger partial charge in [-0.25, -0.2) is 0 Å². The maximum Gasteiger partial charge on any atom is 0.272 e. The Balaban J connectivity index is 0.00000110. The normalized spacial score (nSPS) is 27.3. The van der Waals surface area contributed by atoms with Crippen molar-refractivity contribution in [1.29, 1.82) is 0 Å². The zero-order valence-corrected chi connectivity index (χ0v) is 13.8. The Bertz CT molecular complexity index is 498. The highest BCUT2D eigenvalue weighted by atomic mass is 35.5. The van der Waals surface area contributed by atoms with Crippen LogP contribution in [0.3, 0.4) is 0 Å². The van der Waals surface area contributed by atoms with E-state index in [1.807, 2.05) is 24.0 Å². The fourth-order valence-corrected chi connectivity index (χ4v) is 3.54. The Hall–Kier alpha value is -0.840. The second-order valence-corrected chi connectivity index (χ2v) is 5.90. The molecule has 118 valence electrons. The minimum atomic E-state index is 0. The Morgan fingerprint density at radius 2 is 2.10 bits per heavy atom. The smallest absolute Gasteiger partial charge is 0.272 e. The lowest BCUT2D eigenvalue weighted by Crippen LogP contribution is -2.38. The van der Waals surface area contributed by atoms with Crippen LogP contribution < -0.4 is 5.73 Å². The predicted molar refractivity (Wildman–Crippen MR) is 88.2 cm³/mol. The molecule has 1 saturated carbocycles. The molecule has 1 amide bonds. The Labute approximate surface area is 138 Å². The summed E-state index contributed by atoms with van der Waals surface area (Å²) >= 11 is 0. The van der Waals surface area contributed by atoms with Gasteiger partial charge in [0.2, 0.25) is 0 Å². The second-order valence-electron chi connectivity index (χ2n) is 5.90. The predicted octanol–water partition coefficient (Wildman–Crippen LogP) is 2.43. The maximum absolute atomic E-state index is 12.5. The molecule has 2 fully saturated rings. The van der Waals surface area contributed by atoms with Crippen molar-refractivity contribution in [3.63, 3.8) is 0 Å². The number of nitrogens with zero attached hydrogens (tertiary/aromatic N) is 2. The minimum Gasteiger partial charge on any atom is -0.337 e. The van der Waals surface area contributed by atoms with Gasteiger partial charge in [-0.2, -0.15) is 0 Å². The largest absolute Gasteiger partial charge is 0.337 e. The number of likely N-dealkylation sites (tertiary alicyclic amines) is 1. The average Bonchev–Trinajstić information content (AvgIpc) is 2.84. The first kappa shape index (κ1) is 18.2. The summed E-state index contributed by atoms with van der Waals surface area (Å²) in [7, 11) is 0. The Morgan fingerprint density at radius 1 is 1.33 bits per heavy atom. The molecule has 4 nitrogen and oxygen atoms in total. The van der Waals surface area contributed by atoms with Gasteiger partial charge >= 0.3 is 0 Å². The number of carbonyl (C=O) groups excluding carboxylic acids is 1. The van der Waals surface area contributed by atoms with Crippen molar-refractivity contribution in [2.75, 3.05) is 13.1 Å². The van der Waals surface area contributed by atoms with E-state index in [2.05, 4.69) is 4.98 Å². The van der Waals surface area contributed by atoms with Crippen molar-refractivity contribution in [2.45, 2.75) is 32.2 Å². The van der Waals surface area contributed by atoms with Crippen LogP contribution in [-0.2, 0) is 0 Å². The van der Waals surface area contributed by atoms with E-state index >= 15 is 0 Å². The summed E-state index contributed by atoms with van der Waals surface area (Å²) in [6.45, 7) is 3.60. The van der Waals surface area contributed by atoms with Crippen LogP contribution in [0.5, 0.6) is 0 Å². The molecule has 2 heterocycles. The molecule has 3 rings (SSSR count). The zero-order valence-electron chi connectivity index (χ0n) is 12.2. The molecule has 3 unspecified atom stereocenters. The number of hydrogen-bond donors (Lipinski definition) is 1. The van der Waals surface area contributed by atoms with Gasteiger partial charge in [-0.15, -0.1) is 24.8 Å². The fourth-order valence-electron chi connectivity index (χ4n) is 3.54. The number of carbonyl (C=O) groups is 1. The summed E-state index contributed by atoms with van der Waals surface area (Å²) in [6, 6.07) is 4.07. The van der Waals surface area contributed by atoms with Crippen molar-refractivity contribution in [1.82, 2.24) is 9.88 Å². The van der Waals surface area contributed by atoms with Gasteiger partial charge in [-0.05, 0) is 43.2 Å². The number of amides is 1. The van der Waals surface area contributed by atoms with Crippen molar-refractivity contribution >= 4 is 30.7 Å². The highest BCUT2D eigenvalue weighted by Crippen LogP contribution is 2.36. The van der Waals surface area contributed by atoms with E-state index in [-0.39, 0.29) is 36.8 Å². The van der Waals surface area contributed by atoms with Crippen LogP contribution in [0.2, 0.25) is 0 Å². The van der Waals surface area contributed by atoms with E-state index < -0.39 is 0 Å². The quantitative estimate of drug-likeness (QED) is 0.859. The molecule has 3 atom stereocenters. The third-order valence-electron chi connectivity index (χ3n) is 4.65. The molecule has 0 bridgehead atoms. The number of nitrogens with two attached hydrogens (primary N) is 1. The van der Waals surface area contributed by atoms with E-state index in [0.717, 1.165) is 25.1 Å². The lowest BCUT2D eigenvalue weighted by molar-refractivity contribution is 0.0777. The number of hydrogen-bond acceptors (Lipinski definition) is 3. The lowest BCUT2D eigenvalue weighted by Gasteiger charge is -2.29. The molecule has 1 aliphatic heterocycles. The number of fused-ring (bicyclic) bond motifs is 1. The molecule has 1 aromatic heterocycles. The fraction of sp³-hybridized carbons (Fsp3) is 0.600. The molecule has 1 aromatic rings. The van der Waals surface area contributed by atoms with E-state index in [1.54, 1.807) is 6.20 Å². The zero-order chi connectivity index (χ0) is 13.4. The number of rotatable bonds is 1. The molecule has 1 aliphatic carbocycles. The van der Waals surface area contributed by atoms with Crippen LogP contribution >= 0.6 is 24.8 Å². The molecule has 2 N–H and O–H groups in total. The first-order valence-electron chi connectivity index (χ1n) is 7.13. The molecule has 1 saturated heterocycles. The molecular formula is C15H23Cl2N3O. The number of halogens is 2. The molecule has 0 spiro atoms. The van der Waals surface area contributed by atoms with Gasteiger partial charge in [-0.3, -0.25) is 9.78 Å². The average molecular weight is 332 g/mol. The number of aromatic nitrogens is 1. The van der Waals surface area contributed by atoms with Crippen molar-refractivity contribution < 1.29 is 4.79 Å². The van der Waals surface area contributed by atoms with Crippen LogP contribution in [-0.4, -0.2) is 34.9 Å². The van der Waals surface area contributed by atoms with Crippen molar-refractivity contribution in [3.05, 3.63) is 29.6 Å². The van der Waals surface area contributed by atoms with Gasteiger partial charge in [0.15, 0.2) is 0 Å². The van der Waals surface area contributed by atoms with Crippen molar-refractivity contribution in [2.24, 2.45) is 17.6 Å². The van der Waals surface area contributed by atoms with Crippen LogP contribution in [0, 0.1) is 18.8 Å². The summed E-state index contributed by atoms with van der Waals surface area (Å²) in [4.78, 5) is 18.7. The molecule has 6 heteroatoms. The summed E-state index contributed by atoms with van der Waals surface area (Å²) < 4.78 is 0. The third-order valence-corrected chi connectivity index (χ3v) is 4.65. The van der Waals surface area contributed by atoms with Gasteiger partial charge in [0, 0.05) is 25.3 Å². The first-order chi connectivity index (χ1) is 9.16. The minimum absolute atomic E-state index is 0. The standard InChI is InChI=1S/C15H21N3O.2ClH/c1-10-4-3-7-17-14(10)15(19)18-8-11-5-2-6-13(16)12(11)9-18;;/h3-4,7,11-13H,2,5-6,8-9,16H2,1H3;2*1H. The van der Waals surface area contributed by atoms with Gasteiger partial charge in [0.05, 0.1) is 0 Å². The van der Waals surface area contributed by atoms with Gasteiger partial charge in [0.1, 0.15) is 5.69 Å². The summed E-state index contributed by atoms with van der Waals surface area (Å²) in [5.74, 6) is 1.15. The van der Waals surface area contributed by atoms with Crippen LogP contribution in [0.15, 0.2) is 18.3 Å². The van der Waals surface area contributed by atoms with Gasteiger partial charge < -0.3 is 10.6 Å². The monoisotopic (exact) mass is 331 g/mol. The molecular weight excluding hydrogens is 309 g/mol. The SMILES string of the molecule is Cc1cccnc1C(=O)N1CC2CCCC(N)C2C1.Cl.Cl. The van der Waals surface area contributed by atoms with Crippen LogP contribution in [0.4, 0.5) is 0 Å². The Morgan fingerprint density at radius 3 is 2.76 bits per heavy atom. The third kappa shape index (κ3) is 3.50. The summed E-state index contributed by atoms with van der Waals surface area (Å²) in [6.07, 6.45) is 5.21. The van der Waals surface area contributed by atoms with E-state index in [4.69, 9.17) is 5.73 Å². The molecule has 21 heavy (non-hydrogen) atoms. The highest BCUT2D eigenvalue weighted by Gasteiger charge is 2.40. The molecule has 2 aliphatic rings. The first-order valence-corrected chi connectivity index (χ1v) is 7.13. The maximum atomic E-state index is 12.5. The van der Waals surface area contributed by atoms with Gasteiger partial charge in [0.25, 0.3) is 5.91 Å². The van der Waals surface area contributed by atoms with E-state index in [1.165, 1.54) is 12.8 Å².